The highest BCUT2D eigenvalue weighted by molar-refractivity contribution is 7.92. The highest BCUT2D eigenvalue weighted by Gasteiger charge is 2.19. The van der Waals surface area contributed by atoms with E-state index in [2.05, 4.69) is 38.8 Å². The Balaban J connectivity index is 1.34. The van der Waals surface area contributed by atoms with E-state index in [1.165, 1.54) is 23.9 Å². The normalized spacial score (nSPS) is 14.8. The highest BCUT2D eigenvalue weighted by Crippen LogP contribution is 2.22. The van der Waals surface area contributed by atoms with E-state index in [-0.39, 0.29) is 10.6 Å². The maximum atomic E-state index is 12.6. The molecule has 1 N–H and O–H groups in total. The van der Waals surface area contributed by atoms with Crippen LogP contribution in [-0.4, -0.2) is 44.4 Å². The van der Waals surface area contributed by atoms with Gasteiger partial charge in [0, 0.05) is 56.2 Å². The molecular weight excluding hydrogens is 428 g/mol. The van der Waals surface area contributed by atoms with Crippen LogP contribution in [0.2, 0.25) is 0 Å². The molecule has 0 saturated carbocycles. The lowest BCUT2D eigenvalue weighted by Gasteiger charge is -2.36. The minimum absolute atomic E-state index is 0.146. The van der Waals surface area contributed by atoms with Crippen molar-refractivity contribution in [1.29, 1.82) is 0 Å². The first-order chi connectivity index (χ1) is 15.4. The first kappa shape index (κ1) is 21.8. The number of nitro benzene ring substituents is 1. The Kier molecular flexibility index (Phi) is 6.38. The smallest absolute Gasteiger partial charge is 0.270 e. The average molecular weight is 453 g/mol. The Morgan fingerprint density at radius 3 is 2.22 bits per heavy atom. The zero-order valence-electron chi connectivity index (χ0n) is 17.4. The molecule has 1 aliphatic rings. The minimum atomic E-state index is -3.91. The number of nitrogens with one attached hydrogen (secondary N) is 1. The van der Waals surface area contributed by atoms with Gasteiger partial charge in [0.2, 0.25) is 0 Å². The molecule has 0 bridgehead atoms. The van der Waals surface area contributed by atoms with Crippen LogP contribution in [0.4, 0.5) is 17.1 Å². The summed E-state index contributed by atoms with van der Waals surface area (Å²) in [5, 5.41) is 10.9. The number of rotatable bonds is 7. The summed E-state index contributed by atoms with van der Waals surface area (Å²) >= 11 is 0. The number of sulfonamides is 1. The van der Waals surface area contributed by atoms with Crippen molar-refractivity contribution in [2.75, 3.05) is 35.8 Å². The van der Waals surface area contributed by atoms with Gasteiger partial charge in [-0.25, -0.2) is 8.42 Å². The van der Waals surface area contributed by atoms with Crippen LogP contribution in [0.3, 0.4) is 0 Å². The number of piperazine rings is 1. The first-order valence-electron chi connectivity index (χ1n) is 10.3. The number of hydrogen-bond donors (Lipinski definition) is 1. The van der Waals surface area contributed by atoms with Gasteiger partial charge in [-0.1, -0.05) is 36.4 Å². The Morgan fingerprint density at radius 2 is 1.56 bits per heavy atom. The molecule has 0 radical (unpaired) electrons. The number of benzene rings is 3. The summed E-state index contributed by atoms with van der Waals surface area (Å²) in [5.41, 5.74) is 2.48. The summed E-state index contributed by atoms with van der Waals surface area (Å²) in [6, 6.07) is 22.6. The summed E-state index contributed by atoms with van der Waals surface area (Å²) in [4.78, 5) is 14.9. The maximum absolute atomic E-state index is 12.6. The van der Waals surface area contributed by atoms with Crippen molar-refractivity contribution in [2.45, 2.75) is 11.4 Å². The molecule has 0 spiro atoms. The van der Waals surface area contributed by atoms with E-state index >= 15 is 0 Å². The first-order valence-corrected chi connectivity index (χ1v) is 11.8. The minimum Gasteiger partial charge on any atom is -0.369 e. The van der Waals surface area contributed by atoms with Crippen LogP contribution in [0.1, 0.15) is 5.56 Å². The summed E-state index contributed by atoms with van der Waals surface area (Å²) < 4.78 is 27.6. The van der Waals surface area contributed by atoms with E-state index in [1.54, 1.807) is 12.1 Å². The molecule has 4 rings (SSSR count). The van der Waals surface area contributed by atoms with Crippen molar-refractivity contribution in [3.8, 4) is 0 Å². The number of nitro groups is 1. The Labute approximate surface area is 187 Å². The number of nitrogens with zero attached hydrogens (tertiary/aromatic N) is 3. The number of non-ortho nitro benzene ring substituents is 1. The van der Waals surface area contributed by atoms with Gasteiger partial charge in [-0.05, 0) is 35.9 Å². The van der Waals surface area contributed by atoms with Gasteiger partial charge >= 0.3 is 0 Å². The van der Waals surface area contributed by atoms with E-state index in [9.17, 15) is 18.5 Å². The van der Waals surface area contributed by atoms with E-state index in [0.29, 0.717) is 5.69 Å². The Morgan fingerprint density at radius 1 is 0.875 bits per heavy atom. The van der Waals surface area contributed by atoms with Crippen LogP contribution in [0, 0.1) is 10.1 Å². The largest absolute Gasteiger partial charge is 0.369 e. The fraction of sp³-hybridized carbons (Fsp3) is 0.217. The summed E-state index contributed by atoms with van der Waals surface area (Å²) in [7, 11) is -3.91. The van der Waals surface area contributed by atoms with Gasteiger partial charge in [0.25, 0.3) is 15.7 Å². The second-order valence-corrected chi connectivity index (χ2v) is 9.34. The van der Waals surface area contributed by atoms with Crippen LogP contribution in [-0.2, 0) is 16.6 Å². The molecule has 9 heteroatoms. The van der Waals surface area contributed by atoms with E-state index in [1.807, 2.05) is 18.2 Å². The van der Waals surface area contributed by atoms with Crippen LogP contribution >= 0.6 is 0 Å². The predicted octanol–water partition coefficient (Wildman–Crippen LogP) is 3.72. The van der Waals surface area contributed by atoms with Gasteiger partial charge in [0.05, 0.1) is 9.82 Å². The average Bonchev–Trinajstić information content (AvgIpc) is 2.81. The third-order valence-corrected chi connectivity index (χ3v) is 6.82. The molecule has 166 valence electrons. The topological polar surface area (TPSA) is 95.8 Å². The van der Waals surface area contributed by atoms with Crippen molar-refractivity contribution in [1.82, 2.24) is 4.90 Å². The van der Waals surface area contributed by atoms with Crippen LogP contribution in [0.15, 0.2) is 83.8 Å². The second kappa shape index (κ2) is 9.37. The molecule has 3 aromatic carbocycles. The zero-order valence-corrected chi connectivity index (χ0v) is 18.2. The molecule has 0 aliphatic carbocycles. The quantitative estimate of drug-likeness (QED) is 0.434. The molecule has 0 unspecified atom stereocenters. The van der Waals surface area contributed by atoms with Crippen molar-refractivity contribution in [3.63, 3.8) is 0 Å². The lowest BCUT2D eigenvalue weighted by molar-refractivity contribution is -0.385. The summed E-state index contributed by atoms with van der Waals surface area (Å²) in [5.74, 6) is 0. The maximum Gasteiger partial charge on any atom is 0.270 e. The van der Waals surface area contributed by atoms with Crippen molar-refractivity contribution >= 4 is 27.1 Å². The SMILES string of the molecule is O=[N+]([O-])c1cccc(S(=O)(=O)Nc2ccc(CN3CCN(c4ccccc4)CC3)cc2)c1. The fourth-order valence-electron chi connectivity index (χ4n) is 3.72. The molecule has 0 atom stereocenters. The third kappa shape index (κ3) is 5.24. The Bertz CT molecular complexity index is 1180. The monoisotopic (exact) mass is 452 g/mol. The van der Waals surface area contributed by atoms with Crippen molar-refractivity contribution < 1.29 is 13.3 Å². The highest BCUT2D eigenvalue weighted by atomic mass is 32.2. The fourth-order valence-corrected chi connectivity index (χ4v) is 4.82. The molecule has 8 nitrogen and oxygen atoms in total. The lowest BCUT2D eigenvalue weighted by Crippen LogP contribution is -2.45. The standard InChI is InChI=1S/C23H24N4O4S/c28-27(29)22-7-4-8-23(17-22)32(30,31)24-20-11-9-19(10-12-20)18-25-13-15-26(16-14-25)21-5-2-1-3-6-21/h1-12,17,24H,13-16,18H2. The molecule has 1 aliphatic heterocycles. The van der Waals surface area contributed by atoms with E-state index in [0.717, 1.165) is 44.4 Å². The van der Waals surface area contributed by atoms with Gasteiger partial charge in [0.1, 0.15) is 0 Å². The van der Waals surface area contributed by atoms with Crippen LogP contribution in [0.5, 0.6) is 0 Å². The molecule has 1 saturated heterocycles. The predicted molar refractivity (Wildman–Crippen MR) is 124 cm³/mol. The Hall–Kier alpha value is -3.43. The summed E-state index contributed by atoms with van der Waals surface area (Å²) in [6.07, 6.45) is 0. The van der Waals surface area contributed by atoms with Gasteiger partial charge < -0.3 is 4.90 Å². The van der Waals surface area contributed by atoms with Gasteiger partial charge in [-0.3, -0.25) is 19.7 Å². The van der Waals surface area contributed by atoms with Gasteiger partial charge in [0.15, 0.2) is 0 Å². The zero-order chi connectivity index (χ0) is 22.6. The number of para-hydroxylation sites is 1. The molecule has 1 heterocycles. The van der Waals surface area contributed by atoms with Crippen molar-refractivity contribution in [3.05, 3.63) is 94.5 Å². The lowest BCUT2D eigenvalue weighted by atomic mass is 10.1. The molecule has 32 heavy (non-hydrogen) atoms. The number of anilines is 2. The van der Waals surface area contributed by atoms with Crippen molar-refractivity contribution in [2.24, 2.45) is 0 Å². The molecular formula is C23H24N4O4S. The number of hydrogen-bond acceptors (Lipinski definition) is 6. The molecule has 0 aromatic heterocycles. The van der Waals surface area contributed by atoms with Gasteiger partial charge in [-0.15, -0.1) is 0 Å². The van der Waals surface area contributed by atoms with E-state index < -0.39 is 14.9 Å². The van der Waals surface area contributed by atoms with Gasteiger partial charge in [-0.2, -0.15) is 0 Å². The molecule has 0 amide bonds. The summed E-state index contributed by atoms with van der Waals surface area (Å²) in [6.45, 7) is 4.63. The second-order valence-electron chi connectivity index (χ2n) is 7.66. The van der Waals surface area contributed by atoms with E-state index in [4.69, 9.17) is 0 Å². The molecule has 1 fully saturated rings. The van der Waals surface area contributed by atoms with Crippen LogP contribution < -0.4 is 9.62 Å². The van der Waals surface area contributed by atoms with Crippen LogP contribution in [0.25, 0.3) is 0 Å². The third-order valence-electron chi connectivity index (χ3n) is 5.44. The molecule has 3 aromatic rings.